The molecule has 0 saturated carbocycles. The first-order valence-electron chi connectivity index (χ1n) is 9.55. The number of Topliss-reactive ketones (excluding diaryl/α,β-unsaturated/α-hetero) is 2. The average molecular weight is 415 g/mol. The van der Waals surface area contributed by atoms with Crippen LogP contribution in [-0.4, -0.2) is 16.7 Å². The molecule has 0 aromatic heterocycles. The minimum absolute atomic E-state index is 0.126. The SMILES string of the molecule is CCc1ccc(-c2cc(Cl)ccc2F)cc1C1=C(O)C(C)(C)C(=O)C(C)(C)C1=O. The number of aryl methyl sites for hydroxylation is 1. The highest BCUT2D eigenvalue weighted by atomic mass is 35.5. The molecular weight excluding hydrogens is 391 g/mol. The molecule has 0 radical (unpaired) electrons. The second-order valence-electron chi connectivity index (χ2n) is 8.48. The normalized spacial score (nSPS) is 18.3. The minimum Gasteiger partial charge on any atom is -0.510 e. The summed E-state index contributed by atoms with van der Waals surface area (Å²) in [5.41, 5.74) is -0.159. The highest BCUT2D eigenvalue weighted by Gasteiger charge is 2.53. The summed E-state index contributed by atoms with van der Waals surface area (Å²) in [6, 6.07) is 9.56. The Morgan fingerprint density at radius 1 is 0.966 bits per heavy atom. The summed E-state index contributed by atoms with van der Waals surface area (Å²) < 4.78 is 14.4. The van der Waals surface area contributed by atoms with Gasteiger partial charge in [-0.05, 0) is 75.1 Å². The fourth-order valence-corrected chi connectivity index (χ4v) is 4.15. The minimum atomic E-state index is -1.27. The van der Waals surface area contributed by atoms with Gasteiger partial charge in [-0.1, -0.05) is 30.7 Å². The van der Waals surface area contributed by atoms with Gasteiger partial charge in [-0.3, -0.25) is 9.59 Å². The third kappa shape index (κ3) is 3.29. The lowest BCUT2D eigenvalue weighted by atomic mass is 9.62. The fraction of sp³-hybridized carbons (Fsp3) is 0.333. The Morgan fingerprint density at radius 2 is 1.62 bits per heavy atom. The molecule has 0 aliphatic heterocycles. The lowest BCUT2D eigenvalue weighted by Gasteiger charge is -2.38. The van der Waals surface area contributed by atoms with Crippen molar-refractivity contribution in [2.24, 2.45) is 10.8 Å². The van der Waals surface area contributed by atoms with Crippen molar-refractivity contribution < 1.29 is 19.1 Å². The zero-order valence-corrected chi connectivity index (χ0v) is 17.9. The Labute approximate surface area is 175 Å². The molecule has 5 heteroatoms. The van der Waals surface area contributed by atoms with Gasteiger partial charge < -0.3 is 5.11 Å². The highest BCUT2D eigenvalue weighted by molar-refractivity contribution is 6.34. The van der Waals surface area contributed by atoms with Crippen LogP contribution in [0.3, 0.4) is 0 Å². The highest BCUT2D eigenvalue weighted by Crippen LogP contribution is 2.47. The number of aliphatic hydroxyl groups is 1. The Bertz CT molecular complexity index is 1060. The molecule has 3 nitrogen and oxygen atoms in total. The van der Waals surface area contributed by atoms with Crippen LogP contribution in [0.25, 0.3) is 16.7 Å². The zero-order chi connectivity index (χ0) is 21.7. The Morgan fingerprint density at radius 3 is 2.24 bits per heavy atom. The van der Waals surface area contributed by atoms with Crippen molar-refractivity contribution in [1.82, 2.24) is 0 Å². The third-order valence-corrected chi connectivity index (χ3v) is 5.99. The summed E-state index contributed by atoms with van der Waals surface area (Å²) in [7, 11) is 0. The molecule has 0 spiro atoms. The molecule has 1 N–H and O–H groups in total. The number of aliphatic hydroxyl groups excluding tert-OH is 1. The van der Waals surface area contributed by atoms with Crippen molar-refractivity contribution in [2.45, 2.75) is 41.0 Å². The second-order valence-corrected chi connectivity index (χ2v) is 8.92. The predicted molar refractivity (Wildman–Crippen MR) is 113 cm³/mol. The van der Waals surface area contributed by atoms with E-state index in [9.17, 15) is 19.1 Å². The first kappa shape index (κ1) is 21.3. The van der Waals surface area contributed by atoms with Crippen LogP contribution in [0.4, 0.5) is 4.39 Å². The molecule has 0 saturated heterocycles. The molecule has 0 atom stereocenters. The lowest BCUT2D eigenvalue weighted by Crippen LogP contribution is -2.48. The number of hydrogen-bond acceptors (Lipinski definition) is 3. The molecule has 0 unspecified atom stereocenters. The van der Waals surface area contributed by atoms with Gasteiger partial charge >= 0.3 is 0 Å². The molecule has 2 aromatic carbocycles. The van der Waals surface area contributed by atoms with Crippen LogP contribution in [0.5, 0.6) is 0 Å². The molecule has 1 aliphatic carbocycles. The van der Waals surface area contributed by atoms with Gasteiger partial charge in [0.2, 0.25) is 0 Å². The van der Waals surface area contributed by atoms with Crippen molar-refractivity contribution in [2.75, 3.05) is 0 Å². The van der Waals surface area contributed by atoms with Crippen molar-refractivity contribution >= 4 is 28.7 Å². The number of benzene rings is 2. The first-order valence-corrected chi connectivity index (χ1v) is 9.92. The zero-order valence-electron chi connectivity index (χ0n) is 17.2. The molecule has 0 heterocycles. The molecular formula is C24H24ClFO3. The molecule has 3 rings (SSSR count). The van der Waals surface area contributed by atoms with Crippen molar-refractivity contribution in [1.29, 1.82) is 0 Å². The number of rotatable bonds is 3. The molecule has 152 valence electrons. The summed E-state index contributed by atoms with van der Waals surface area (Å²) in [6.07, 6.45) is 0.604. The van der Waals surface area contributed by atoms with Crippen LogP contribution in [0, 0.1) is 16.6 Å². The summed E-state index contributed by atoms with van der Waals surface area (Å²) in [5, 5.41) is 11.3. The van der Waals surface area contributed by atoms with E-state index in [4.69, 9.17) is 11.6 Å². The Kier molecular flexibility index (Phi) is 5.20. The number of carbonyl (C=O) groups is 2. The summed E-state index contributed by atoms with van der Waals surface area (Å²) >= 11 is 6.04. The summed E-state index contributed by atoms with van der Waals surface area (Å²) in [4.78, 5) is 26.1. The van der Waals surface area contributed by atoms with E-state index in [0.717, 1.165) is 5.56 Å². The molecule has 29 heavy (non-hydrogen) atoms. The Hall–Kier alpha value is -2.46. The first-order chi connectivity index (χ1) is 13.4. The third-order valence-electron chi connectivity index (χ3n) is 5.76. The van der Waals surface area contributed by atoms with Gasteiger partial charge in [-0.25, -0.2) is 4.39 Å². The van der Waals surface area contributed by atoms with Gasteiger partial charge in [0.15, 0.2) is 11.6 Å². The van der Waals surface area contributed by atoms with Crippen LogP contribution in [0.1, 0.15) is 45.7 Å². The van der Waals surface area contributed by atoms with Gasteiger partial charge in [0, 0.05) is 10.6 Å². The van der Waals surface area contributed by atoms with Crippen LogP contribution in [0.15, 0.2) is 42.2 Å². The summed E-state index contributed by atoms with van der Waals surface area (Å²) in [5.74, 6) is -1.44. The van der Waals surface area contributed by atoms with Gasteiger partial charge in [0.05, 0.1) is 16.4 Å². The number of carbonyl (C=O) groups excluding carboxylic acids is 2. The van der Waals surface area contributed by atoms with Gasteiger partial charge in [-0.2, -0.15) is 0 Å². The van der Waals surface area contributed by atoms with E-state index >= 15 is 0 Å². The van der Waals surface area contributed by atoms with Crippen LogP contribution in [-0.2, 0) is 16.0 Å². The molecule has 0 fully saturated rings. The van der Waals surface area contributed by atoms with E-state index in [1.54, 1.807) is 39.8 Å². The maximum Gasteiger partial charge on any atom is 0.179 e. The maximum atomic E-state index is 14.4. The molecule has 0 amide bonds. The number of allylic oxidation sites excluding steroid dienone is 2. The van der Waals surface area contributed by atoms with Crippen molar-refractivity contribution in [3.63, 3.8) is 0 Å². The van der Waals surface area contributed by atoms with Gasteiger partial charge in [-0.15, -0.1) is 0 Å². The van der Waals surface area contributed by atoms with Crippen LogP contribution >= 0.6 is 11.6 Å². The maximum absolute atomic E-state index is 14.4. The Balaban J connectivity index is 2.32. The lowest BCUT2D eigenvalue weighted by molar-refractivity contribution is -0.143. The average Bonchev–Trinajstić information content (AvgIpc) is 2.68. The fourth-order valence-electron chi connectivity index (χ4n) is 3.98. The van der Waals surface area contributed by atoms with Crippen molar-refractivity contribution in [3.8, 4) is 11.1 Å². The van der Waals surface area contributed by atoms with E-state index < -0.39 is 22.4 Å². The topological polar surface area (TPSA) is 54.4 Å². The van der Waals surface area contributed by atoms with E-state index in [0.29, 0.717) is 28.1 Å². The number of ketones is 2. The quantitative estimate of drug-likeness (QED) is 0.610. The smallest absolute Gasteiger partial charge is 0.179 e. The van der Waals surface area contributed by atoms with E-state index in [2.05, 4.69) is 0 Å². The van der Waals surface area contributed by atoms with E-state index in [1.807, 2.05) is 13.0 Å². The second kappa shape index (κ2) is 7.10. The monoisotopic (exact) mass is 414 g/mol. The largest absolute Gasteiger partial charge is 0.510 e. The number of halogens is 2. The predicted octanol–water partition coefficient (Wildman–Crippen LogP) is 6.18. The van der Waals surface area contributed by atoms with Crippen molar-refractivity contribution in [3.05, 3.63) is 64.1 Å². The van der Waals surface area contributed by atoms with Crippen LogP contribution < -0.4 is 0 Å². The van der Waals surface area contributed by atoms with Gasteiger partial charge in [0.25, 0.3) is 0 Å². The summed E-state index contributed by atoms with van der Waals surface area (Å²) in [6.45, 7) is 8.33. The molecule has 1 aliphatic rings. The molecule has 0 bridgehead atoms. The molecule has 2 aromatic rings. The standard InChI is InChI=1S/C24H24ClFO3/c1-6-13-7-8-14(16-12-15(25)9-10-18(16)26)11-17(13)19-20(27)23(2,3)22(29)24(4,5)21(19)28/h7-12,27H,6H2,1-5H3. The van der Waals surface area contributed by atoms with Gasteiger partial charge in [0.1, 0.15) is 11.6 Å². The van der Waals surface area contributed by atoms with E-state index in [1.165, 1.54) is 18.2 Å². The van der Waals surface area contributed by atoms with Crippen LogP contribution in [0.2, 0.25) is 5.02 Å². The van der Waals surface area contributed by atoms with E-state index in [-0.39, 0.29) is 17.1 Å². The number of hydrogen-bond donors (Lipinski definition) is 1.